The van der Waals surface area contributed by atoms with Crippen molar-refractivity contribution in [3.63, 3.8) is 0 Å². The predicted molar refractivity (Wildman–Crippen MR) is 102 cm³/mol. The highest BCUT2D eigenvalue weighted by molar-refractivity contribution is 6.31. The van der Waals surface area contributed by atoms with Crippen molar-refractivity contribution in [2.75, 3.05) is 11.9 Å². The summed E-state index contributed by atoms with van der Waals surface area (Å²) in [7, 11) is 0. The van der Waals surface area contributed by atoms with Gasteiger partial charge in [-0.15, -0.1) is 0 Å². The van der Waals surface area contributed by atoms with E-state index in [0.29, 0.717) is 29.5 Å². The van der Waals surface area contributed by atoms with Gasteiger partial charge in [0.15, 0.2) is 0 Å². The van der Waals surface area contributed by atoms with Crippen LogP contribution in [0.2, 0.25) is 5.02 Å². The summed E-state index contributed by atoms with van der Waals surface area (Å²) in [6, 6.07) is 10.8. The molecule has 0 aromatic heterocycles. The zero-order chi connectivity index (χ0) is 18.4. The molecular formula is C20H24ClNO3. The van der Waals surface area contributed by atoms with E-state index in [9.17, 15) is 4.79 Å². The molecule has 0 bridgehead atoms. The van der Waals surface area contributed by atoms with E-state index in [1.165, 1.54) is 0 Å². The Hall–Kier alpha value is -2.04. The van der Waals surface area contributed by atoms with Crippen LogP contribution in [0.4, 0.5) is 5.69 Å². The number of amides is 1. The highest BCUT2D eigenvalue weighted by atomic mass is 35.5. The molecule has 5 heteroatoms. The first kappa shape index (κ1) is 19.3. The van der Waals surface area contributed by atoms with Crippen molar-refractivity contribution in [1.29, 1.82) is 0 Å². The van der Waals surface area contributed by atoms with E-state index in [2.05, 4.69) is 5.32 Å². The Kier molecular flexibility index (Phi) is 6.85. The van der Waals surface area contributed by atoms with E-state index in [1.54, 1.807) is 18.2 Å². The molecule has 1 N–H and O–H groups in total. The fourth-order valence-electron chi connectivity index (χ4n) is 2.31. The molecule has 0 aliphatic heterocycles. The lowest BCUT2D eigenvalue weighted by Crippen LogP contribution is -2.14. The molecular weight excluding hydrogens is 338 g/mol. The van der Waals surface area contributed by atoms with Gasteiger partial charge >= 0.3 is 0 Å². The van der Waals surface area contributed by atoms with Gasteiger partial charge in [0.25, 0.3) is 5.91 Å². The maximum atomic E-state index is 12.6. The molecule has 0 radical (unpaired) electrons. The van der Waals surface area contributed by atoms with E-state index in [-0.39, 0.29) is 12.0 Å². The number of ether oxygens (including phenoxy) is 2. The molecule has 0 aliphatic rings. The van der Waals surface area contributed by atoms with Crippen LogP contribution in [0.3, 0.4) is 0 Å². The van der Waals surface area contributed by atoms with E-state index >= 15 is 0 Å². The molecule has 0 heterocycles. The minimum absolute atomic E-state index is 0.0982. The van der Waals surface area contributed by atoms with Crippen molar-refractivity contribution in [3.8, 4) is 5.75 Å². The minimum atomic E-state index is -0.195. The summed E-state index contributed by atoms with van der Waals surface area (Å²) in [6.07, 6.45) is 0.0982. The standard InChI is InChI=1S/C20H24ClNO3/c1-5-24-19-9-7-15(10-16(19)12-25-13(2)3)20(23)22-18-11-17(21)8-6-14(18)4/h6-11,13H,5,12H2,1-4H3,(H,22,23). The Labute approximate surface area is 154 Å². The van der Waals surface area contributed by atoms with Gasteiger partial charge in [0, 0.05) is 21.8 Å². The molecule has 2 aromatic rings. The van der Waals surface area contributed by atoms with Crippen molar-refractivity contribution in [1.82, 2.24) is 0 Å². The second kappa shape index (κ2) is 8.88. The lowest BCUT2D eigenvalue weighted by molar-refractivity contribution is 0.0641. The van der Waals surface area contributed by atoms with Gasteiger partial charge in [0.2, 0.25) is 0 Å². The van der Waals surface area contributed by atoms with Gasteiger partial charge in [0.1, 0.15) is 5.75 Å². The number of hydrogen-bond acceptors (Lipinski definition) is 3. The van der Waals surface area contributed by atoms with Crippen LogP contribution in [-0.4, -0.2) is 18.6 Å². The van der Waals surface area contributed by atoms with Crippen molar-refractivity contribution >= 4 is 23.2 Å². The molecule has 1 amide bonds. The van der Waals surface area contributed by atoms with Crippen LogP contribution in [-0.2, 0) is 11.3 Å². The fraction of sp³-hybridized carbons (Fsp3) is 0.350. The summed E-state index contributed by atoms with van der Waals surface area (Å²) >= 11 is 6.01. The normalized spacial score (nSPS) is 10.8. The van der Waals surface area contributed by atoms with Crippen molar-refractivity contribution < 1.29 is 14.3 Å². The molecule has 0 fully saturated rings. The number of carbonyl (C=O) groups is 1. The van der Waals surface area contributed by atoms with Crippen LogP contribution < -0.4 is 10.1 Å². The van der Waals surface area contributed by atoms with Gasteiger partial charge in [-0.3, -0.25) is 4.79 Å². The molecule has 0 saturated heterocycles. The zero-order valence-electron chi connectivity index (χ0n) is 15.1. The molecule has 25 heavy (non-hydrogen) atoms. The van der Waals surface area contributed by atoms with Crippen molar-refractivity contribution in [2.24, 2.45) is 0 Å². The lowest BCUT2D eigenvalue weighted by Gasteiger charge is -2.14. The predicted octanol–water partition coefficient (Wildman–Crippen LogP) is 5.22. The van der Waals surface area contributed by atoms with Crippen LogP contribution >= 0.6 is 11.6 Å². The average molecular weight is 362 g/mol. The van der Waals surface area contributed by atoms with Gasteiger partial charge in [-0.25, -0.2) is 0 Å². The molecule has 4 nitrogen and oxygen atoms in total. The first-order valence-electron chi connectivity index (χ1n) is 8.35. The van der Waals surface area contributed by atoms with E-state index < -0.39 is 0 Å². The number of benzene rings is 2. The summed E-state index contributed by atoms with van der Waals surface area (Å²) in [5.74, 6) is 0.540. The number of anilines is 1. The Morgan fingerprint density at radius 1 is 1.20 bits per heavy atom. The number of hydrogen-bond donors (Lipinski definition) is 1. The van der Waals surface area contributed by atoms with Gasteiger partial charge in [-0.1, -0.05) is 17.7 Å². The summed E-state index contributed by atoms with van der Waals surface area (Å²) in [4.78, 5) is 12.6. The highest BCUT2D eigenvalue weighted by Crippen LogP contribution is 2.24. The molecule has 0 unspecified atom stereocenters. The average Bonchev–Trinajstić information content (AvgIpc) is 2.57. The Morgan fingerprint density at radius 3 is 2.64 bits per heavy atom. The maximum Gasteiger partial charge on any atom is 0.255 e. The smallest absolute Gasteiger partial charge is 0.255 e. The van der Waals surface area contributed by atoms with Crippen molar-refractivity contribution in [3.05, 3.63) is 58.1 Å². The largest absolute Gasteiger partial charge is 0.494 e. The van der Waals surface area contributed by atoms with Crippen LogP contribution in [0, 0.1) is 6.92 Å². The monoisotopic (exact) mass is 361 g/mol. The second-order valence-electron chi connectivity index (χ2n) is 6.03. The van der Waals surface area contributed by atoms with Crippen LogP contribution in [0.1, 0.15) is 42.3 Å². The fourth-order valence-corrected chi connectivity index (χ4v) is 2.48. The second-order valence-corrected chi connectivity index (χ2v) is 6.47. The van der Waals surface area contributed by atoms with Gasteiger partial charge in [0.05, 0.1) is 19.3 Å². The number of nitrogens with one attached hydrogen (secondary N) is 1. The van der Waals surface area contributed by atoms with Gasteiger partial charge in [-0.05, 0) is 63.6 Å². The van der Waals surface area contributed by atoms with Crippen LogP contribution in [0.5, 0.6) is 5.75 Å². The van der Waals surface area contributed by atoms with Crippen LogP contribution in [0.25, 0.3) is 0 Å². The number of halogens is 1. The molecule has 0 spiro atoms. The molecule has 0 atom stereocenters. The Morgan fingerprint density at radius 2 is 1.96 bits per heavy atom. The summed E-state index contributed by atoms with van der Waals surface area (Å²) in [5, 5.41) is 3.49. The van der Waals surface area contributed by atoms with Gasteiger partial charge < -0.3 is 14.8 Å². The third kappa shape index (κ3) is 5.48. The number of rotatable bonds is 7. The summed E-state index contributed by atoms with van der Waals surface area (Å²) in [5.41, 5.74) is 3.05. The van der Waals surface area contributed by atoms with E-state index in [1.807, 2.05) is 45.9 Å². The topological polar surface area (TPSA) is 47.6 Å². The molecule has 134 valence electrons. The van der Waals surface area contributed by atoms with E-state index in [0.717, 1.165) is 16.9 Å². The number of aryl methyl sites for hydroxylation is 1. The summed E-state index contributed by atoms with van der Waals surface area (Å²) in [6.45, 7) is 8.74. The maximum absolute atomic E-state index is 12.6. The number of carbonyl (C=O) groups excluding carboxylic acids is 1. The zero-order valence-corrected chi connectivity index (χ0v) is 15.8. The third-order valence-corrected chi connectivity index (χ3v) is 3.88. The van der Waals surface area contributed by atoms with E-state index in [4.69, 9.17) is 21.1 Å². The minimum Gasteiger partial charge on any atom is -0.494 e. The quantitative estimate of drug-likeness (QED) is 0.735. The van der Waals surface area contributed by atoms with Gasteiger partial charge in [-0.2, -0.15) is 0 Å². The molecule has 2 rings (SSSR count). The van der Waals surface area contributed by atoms with Crippen molar-refractivity contribution in [2.45, 2.75) is 40.4 Å². The molecule has 2 aromatic carbocycles. The Balaban J connectivity index is 2.23. The SMILES string of the molecule is CCOc1ccc(C(=O)Nc2cc(Cl)ccc2C)cc1COC(C)C. The highest BCUT2D eigenvalue weighted by Gasteiger charge is 2.13. The third-order valence-electron chi connectivity index (χ3n) is 3.64. The molecule has 0 saturated carbocycles. The first-order valence-corrected chi connectivity index (χ1v) is 8.73. The lowest BCUT2D eigenvalue weighted by atomic mass is 10.1. The molecule has 0 aliphatic carbocycles. The first-order chi connectivity index (χ1) is 11.9. The summed E-state index contributed by atoms with van der Waals surface area (Å²) < 4.78 is 11.3. The Bertz CT molecular complexity index is 744. The van der Waals surface area contributed by atoms with Crippen LogP contribution in [0.15, 0.2) is 36.4 Å².